The van der Waals surface area contributed by atoms with Gasteiger partial charge in [0.2, 0.25) is 5.91 Å². The van der Waals surface area contributed by atoms with Gasteiger partial charge in [0.25, 0.3) is 5.91 Å². The zero-order chi connectivity index (χ0) is 28.2. The Morgan fingerprint density at radius 3 is 2.64 bits per heavy atom. The number of halogens is 1. The average molecular weight is 543 g/mol. The highest BCUT2D eigenvalue weighted by Crippen LogP contribution is 2.39. The molecule has 214 valence electrons. The summed E-state index contributed by atoms with van der Waals surface area (Å²) in [5.41, 5.74) is 3.28. The number of phenolic OH excluding ortho intramolecular Hbond substituents is 1. The lowest BCUT2D eigenvalue weighted by atomic mass is 10.1. The maximum absolute atomic E-state index is 13.5. The summed E-state index contributed by atoms with van der Waals surface area (Å²) in [5.74, 6) is 0.129. The Hall–Kier alpha value is -3.17. The Morgan fingerprint density at radius 1 is 1.13 bits per heavy atom. The van der Waals surface area contributed by atoms with Crippen molar-refractivity contribution >= 4 is 17.5 Å². The number of benzene rings is 2. The van der Waals surface area contributed by atoms with Crippen LogP contribution in [0.5, 0.6) is 11.5 Å². The van der Waals surface area contributed by atoms with Crippen LogP contribution in [0.2, 0.25) is 0 Å². The predicted octanol–water partition coefficient (Wildman–Crippen LogP) is 3.93. The van der Waals surface area contributed by atoms with Crippen LogP contribution in [0.4, 0.5) is 10.1 Å². The summed E-state index contributed by atoms with van der Waals surface area (Å²) < 4.78 is 19.1. The van der Waals surface area contributed by atoms with Crippen LogP contribution in [0.1, 0.15) is 56.2 Å². The summed E-state index contributed by atoms with van der Waals surface area (Å²) in [6.07, 6.45) is 4.93. The highest BCUT2D eigenvalue weighted by Gasteiger charge is 2.22. The number of nitrogens with one attached hydrogen (secondary N) is 3. The largest absolute Gasteiger partial charge is 0.506 e. The van der Waals surface area contributed by atoms with Crippen LogP contribution in [0.3, 0.4) is 0 Å². The highest BCUT2D eigenvalue weighted by molar-refractivity contribution is 5.97. The monoisotopic (exact) mass is 542 g/mol. The molecule has 0 spiro atoms. The Kier molecular flexibility index (Phi) is 12.0. The lowest BCUT2D eigenvalue weighted by Crippen LogP contribution is -2.43. The van der Waals surface area contributed by atoms with E-state index >= 15 is 0 Å². The number of phenols is 1. The summed E-state index contributed by atoms with van der Waals surface area (Å²) >= 11 is 0. The Labute approximate surface area is 231 Å². The molecule has 0 saturated carbocycles. The standard InChI is InChI=1S/C30H43FN4O4/c1-4-5-6-22(3)35(28(38)13-16-32-15-12-24-19-25(31)9-7-21(24)2)18-17-33-14-11-23-8-10-26(36)29-30(23)39-20-27(37)34-29/h7-10,19,22,32-33,36H,4-6,11-18,20H2,1-3H3,(H,34,37). The lowest BCUT2D eigenvalue weighted by molar-refractivity contribution is -0.133. The zero-order valence-electron chi connectivity index (χ0n) is 23.4. The fourth-order valence-electron chi connectivity index (χ4n) is 4.80. The van der Waals surface area contributed by atoms with Crippen LogP contribution in [0.15, 0.2) is 30.3 Å². The molecule has 3 rings (SSSR count). The topological polar surface area (TPSA) is 103 Å². The van der Waals surface area contributed by atoms with Crippen molar-refractivity contribution in [2.45, 2.75) is 65.3 Å². The molecule has 1 unspecified atom stereocenters. The summed E-state index contributed by atoms with van der Waals surface area (Å²) in [5, 5.41) is 19.5. The van der Waals surface area contributed by atoms with Gasteiger partial charge in [-0.15, -0.1) is 0 Å². The molecule has 0 saturated heterocycles. The third kappa shape index (κ3) is 9.21. The Balaban J connectivity index is 1.44. The molecule has 0 aromatic heterocycles. The molecule has 0 fully saturated rings. The van der Waals surface area contributed by atoms with Gasteiger partial charge in [-0.2, -0.15) is 0 Å². The van der Waals surface area contributed by atoms with Crippen molar-refractivity contribution in [2.75, 3.05) is 44.6 Å². The predicted molar refractivity (Wildman–Crippen MR) is 152 cm³/mol. The van der Waals surface area contributed by atoms with Gasteiger partial charge in [-0.05, 0) is 81.1 Å². The van der Waals surface area contributed by atoms with Gasteiger partial charge in [-0.25, -0.2) is 4.39 Å². The fraction of sp³-hybridized carbons (Fsp3) is 0.533. The fourth-order valence-corrected chi connectivity index (χ4v) is 4.80. The zero-order valence-corrected chi connectivity index (χ0v) is 23.4. The molecule has 39 heavy (non-hydrogen) atoms. The molecule has 0 bridgehead atoms. The van der Waals surface area contributed by atoms with Crippen LogP contribution < -0.4 is 20.7 Å². The number of fused-ring (bicyclic) bond motifs is 1. The molecule has 9 heteroatoms. The van der Waals surface area contributed by atoms with E-state index in [4.69, 9.17) is 4.74 Å². The molecule has 0 aliphatic carbocycles. The minimum absolute atomic E-state index is 0.0106. The normalized spacial score (nSPS) is 13.4. The van der Waals surface area contributed by atoms with E-state index in [9.17, 15) is 19.1 Å². The summed E-state index contributed by atoms with van der Waals surface area (Å²) in [4.78, 5) is 26.7. The van der Waals surface area contributed by atoms with Gasteiger partial charge in [0, 0.05) is 32.1 Å². The lowest BCUT2D eigenvalue weighted by Gasteiger charge is -2.30. The molecular weight excluding hydrogens is 499 g/mol. The van der Waals surface area contributed by atoms with E-state index in [1.54, 1.807) is 24.3 Å². The quantitative estimate of drug-likeness (QED) is 0.189. The first kappa shape index (κ1) is 30.4. The first-order valence-electron chi connectivity index (χ1n) is 14.0. The number of carbonyl (C=O) groups excluding carboxylic acids is 2. The van der Waals surface area contributed by atoms with Gasteiger partial charge in [0.05, 0.1) is 0 Å². The smallest absolute Gasteiger partial charge is 0.262 e. The van der Waals surface area contributed by atoms with Crippen LogP contribution in [-0.2, 0) is 22.4 Å². The van der Waals surface area contributed by atoms with Crippen LogP contribution in [-0.4, -0.2) is 67.2 Å². The first-order chi connectivity index (χ1) is 18.8. The number of nitrogens with zero attached hydrogens (tertiary/aromatic N) is 1. The van der Waals surface area contributed by atoms with Gasteiger partial charge in [-0.3, -0.25) is 9.59 Å². The van der Waals surface area contributed by atoms with E-state index < -0.39 is 0 Å². The van der Waals surface area contributed by atoms with E-state index in [0.29, 0.717) is 57.0 Å². The Bertz CT molecular complexity index is 1110. The third-order valence-electron chi connectivity index (χ3n) is 7.16. The third-order valence-corrected chi connectivity index (χ3v) is 7.16. The maximum Gasteiger partial charge on any atom is 0.262 e. The van der Waals surface area contributed by atoms with Gasteiger partial charge < -0.3 is 30.7 Å². The van der Waals surface area contributed by atoms with Crippen molar-refractivity contribution in [3.63, 3.8) is 0 Å². The second-order valence-corrected chi connectivity index (χ2v) is 10.2. The number of ether oxygens (including phenoxy) is 1. The van der Waals surface area contributed by atoms with Crippen molar-refractivity contribution in [1.82, 2.24) is 15.5 Å². The number of aromatic hydroxyl groups is 1. The molecule has 1 aliphatic heterocycles. The van der Waals surface area contributed by atoms with Crippen LogP contribution in [0.25, 0.3) is 0 Å². The highest BCUT2D eigenvalue weighted by atomic mass is 19.1. The number of anilines is 1. The molecule has 2 amide bonds. The van der Waals surface area contributed by atoms with Gasteiger partial charge in [0.1, 0.15) is 17.3 Å². The van der Waals surface area contributed by atoms with Gasteiger partial charge in [0.15, 0.2) is 12.4 Å². The van der Waals surface area contributed by atoms with Gasteiger partial charge in [-0.1, -0.05) is 31.9 Å². The summed E-state index contributed by atoms with van der Waals surface area (Å²) in [6.45, 7) is 9.40. The van der Waals surface area contributed by atoms with Crippen molar-refractivity contribution in [3.05, 3.63) is 52.8 Å². The molecule has 2 aromatic carbocycles. The van der Waals surface area contributed by atoms with E-state index in [1.165, 1.54) is 6.07 Å². The number of carbonyl (C=O) groups is 2. The summed E-state index contributed by atoms with van der Waals surface area (Å²) in [6, 6.07) is 8.38. The van der Waals surface area contributed by atoms with Crippen LogP contribution in [0, 0.1) is 12.7 Å². The minimum atomic E-state index is -0.285. The SMILES string of the molecule is CCCCC(C)N(CCNCCc1ccc(O)c2c1OCC(=O)N2)C(=O)CCNCCc1cc(F)ccc1C. The minimum Gasteiger partial charge on any atom is -0.506 e. The molecule has 1 heterocycles. The van der Waals surface area contributed by atoms with Crippen molar-refractivity contribution in [3.8, 4) is 11.5 Å². The van der Waals surface area contributed by atoms with Crippen LogP contribution >= 0.6 is 0 Å². The number of rotatable bonds is 16. The maximum atomic E-state index is 13.5. The second-order valence-electron chi connectivity index (χ2n) is 10.2. The number of hydrogen-bond donors (Lipinski definition) is 4. The summed E-state index contributed by atoms with van der Waals surface area (Å²) in [7, 11) is 0. The molecular formula is C30H43FN4O4. The van der Waals surface area contributed by atoms with Crippen molar-refractivity contribution in [2.24, 2.45) is 0 Å². The van der Waals surface area contributed by atoms with E-state index in [-0.39, 0.29) is 36.0 Å². The second kappa shape index (κ2) is 15.4. The van der Waals surface area contributed by atoms with E-state index in [1.807, 2.05) is 11.8 Å². The molecule has 4 N–H and O–H groups in total. The van der Waals surface area contributed by atoms with E-state index in [2.05, 4.69) is 29.8 Å². The van der Waals surface area contributed by atoms with Crippen molar-refractivity contribution < 1.29 is 23.8 Å². The number of hydrogen-bond acceptors (Lipinski definition) is 6. The molecule has 8 nitrogen and oxygen atoms in total. The van der Waals surface area contributed by atoms with E-state index in [0.717, 1.165) is 42.4 Å². The molecule has 2 aromatic rings. The van der Waals surface area contributed by atoms with Crippen molar-refractivity contribution in [1.29, 1.82) is 0 Å². The average Bonchev–Trinajstić information content (AvgIpc) is 2.92. The number of amides is 2. The van der Waals surface area contributed by atoms with Gasteiger partial charge >= 0.3 is 0 Å². The number of unbranched alkanes of at least 4 members (excludes halogenated alkanes) is 1. The molecule has 0 radical (unpaired) electrons. The molecule has 1 aliphatic rings. The Morgan fingerprint density at radius 2 is 1.87 bits per heavy atom. The number of aryl methyl sites for hydroxylation is 1. The molecule has 1 atom stereocenters. The first-order valence-corrected chi connectivity index (χ1v) is 14.0.